The monoisotopic (exact) mass is 430 g/mol. The van der Waals surface area contributed by atoms with Gasteiger partial charge in [-0.15, -0.1) is 20.4 Å². The molecule has 0 amide bonds. The molecule has 32 heavy (non-hydrogen) atoms. The topological polar surface area (TPSA) is 107 Å². The first kappa shape index (κ1) is 21.8. The van der Waals surface area contributed by atoms with Crippen LogP contribution in [-0.4, -0.2) is 52.4 Å². The standard InChI is InChI=1S/C22H27BN8O/c1-21(2,3)30-26-19(24-28-30)15-11-7-9-13-17(15)23(32)18-14-10-8-12-16(18)20-25-29-31(27-20)22(4,5)6/h7-14,32H,1-6H3. The molecule has 10 heteroatoms. The van der Waals surface area contributed by atoms with Gasteiger partial charge in [-0.1, -0.05) is 48.5 Å². The average molecular weight is 430 g/mol. The molecule has 1 N–H and O–H groups in total. The molecule has 0 aliphatic rings. The zero-order valence-corrected chi connectivity index (χ0v) is 19.2. The molecule has 0 bridgehead atoms. The van der Waals surface area contributed by atoms with E-state index < -0.39 is 6.92 Å². The minimum Gasteiger partial charge on any atom is -0.443 e. The van der Waals surface area contributed by atoms with Crippen molar-refractivity contribution in [2.75, 3.05) is 0 Å². The normalized spacial score (nSPS) is 12.2. The van der Waals surface area contributed by atoms with E-state index in [4.69, 9.17) is 0 Å². The molecule has 2 aromatic heterocycles. The van der Waals surface area contributed by atoms with Crippen LogP contribution < -0.4 is 10.9 Å². The molecule has 0 saturated carbocycles. The second-order valence-corrected chi connectivity index (χ2v) is 9.72. The Balaban J connectivity index is 1.77. The highest BCUT2D eigenvalue weighted by atomic mass is 16.2. The first-order valence-corrected chi connectivity index (χ1v) is 10.5. The van der Waals surface area contributed by atoms with Gasteiger partial charge in [-0.3, -0.25) is 0 Å². The van der Waals surface area contributed by atoms with Crippen molar-refractivity contribution in [3.8, 4) is 22.8 Å². The highest BCUT2D eigenvalue weighted by Crippen LogP contribution is 2.18. The molecule has 0 atom stereocenters. The number of nitrogens with zero attached hydrogens (tertiary/aromatic N) is 8. The third-order valence-corrected chi connectivity index (χ3v) is 5.02. The van der Waals surface area contributed by atoms with E-state index in [0.717, 1.165) is 11.1 Å². The van der Waals surface area contributed by atoms with Gasteiger partial charge in [-0.2, -0.15) is 9.59 Å². The fraction of sp³-hybridized carbons (Fsp3) is 0.364. The molecule has 0 aliphatic heterocycles. The third-order valence-electron chi connectivity index (χ3n) is 5.02. The van der Waals surface area contributed by atoms with Crippen LogP contribution in [0.15, 0.2) is 48.5 Å². The Morgan fingerprint density at radius 1 is 0.656 bits per heavy atom. The second kappa shape index (κ2) is 7.94. The van der Waals surface area contributed by atoms with Crippen molar-refractivity contribution in [1.82, 2.24) is 40.4 Å². The van der Waals surface area contributed by atoms with Crippen molar-refractivity contribution < 1.29 is 5.02 Å². The third kappa shape index (κ3) is 4.18. The SMILES string of the molecule is CC(C)(C)n1nnc(-c2ccccc2B(O)c2ccccc2-c2nnn(C(C)(C)C)n2)n1. The smallest absolute Gasteiger partial charge is 0.360 e. The zero-order chi connectivity index (χ0) is 23.1. The Morgan fingerprint density at radius 3 is 1.38 bits per heavy atom. The Hall–Kier alpha value is -3.40. The van der Waals surface area contributed by atoms with E-state index in [9.17, 15) is 5.02 Å². The fourth-order valence-corrected chi connectivity index (χ4v) is 3.26. The minimum atomic E-state index is -0.939. The summed E-state index contributed by atoms with van der Waals surface area (Å²) in [6.45, 7) is 11.1. The van der Waals surface area contributed by atoms with E-state index in [1.807, 2.05) is 90.1 Å². The molecular weight excluding hydrogens is 403 g/mol. The van der Waals surface area contributed by atoms with Crippen LogP contribution in [0.2, 0.25) is 0 Å². The number of hydrogen-bond donors (Lipinski definition) is 1. The van der Waals surface area contributed by atoms with E-state index in [1.54, 1.807) is 9.59 Å². The fourth-order valence-electron chi connectivity index (χ4n) is 3.26. The molecule has 4 aromatic rings. The van der Waals surface area contributed by atoms with Crippen molar-refractivity contribution in [2.45, 2.75) is 52.6 Å². The molecule has 164 valence electrons. The molecule has 0 radical (unpaired) electrons. The lowest BCUT2D eigenvalue weighted by atomic mass is 9.53. The van der Waals surface area contributed by atoms with Crippen molar-refractivity contribution in [3.05, 3.63) is 48.5 Å². The van der Waals surface area contributed by atoms with Crippen LogP contribution in [0.3, 0.4) is 0 Å². The molecule has 0 fully saturated rings. The van der Waals surface area contributed by atoms with Gasteiger partial charge in [0.05, 0.1) is 11.1 Å². The summed E-state index contributed by atoms with van der Waals surface area (Å²) in [5.74, 6) is 0.924. The number of tetrazole rings is 2. The summed E-state index contributed by atoms with van der Waals surface area (Å²) in [6.07, 6.45) is 0. The van der Waals surface area contributed by atoms with Crippen LogP contribution in [0.25, 0.3) is 22.8 Å². The largest absolute Gasteiger partial charge is 0.443 e. The van der Waals surface area contributed by atoms with Gasteiger partial charge >= 0.3 is 6.92 Å². The second-order valence-electron chi connectivity index (χ2n) is 9.72. The molecule has 2 heterocycles. The molecule has 2 aromatic carbocycles. The lowest BCUT2D eigenvalue weighted by Crippen LogP contribution is -2.44. The highest BCUT2D eigenvalue weighted by Gasteiger charge is 2.28. The van der Waals surface area contributed by atoms with Crippen LogP contribution in [0, 0.1) is 0 Å². The zero-order valence-electron chi connectivity index (χ0n) is 19.2. The lowest BCUT2D eigenvalue weighted by molar-refractivity contribution is 0.306. The van der Waals surface area contributed by atoms with Gasteiger partial charge in [0.2, 0.25) is 11.6 Å². The van der Waals surface area contributed by atoms with E-state index in [-0.39, 0.29) is 11.1 Å². The van der Waals surface area contributed by atoms with Crippen LogP contribution >= 0.6 is 0 Å². The summed E-state index contributed by atoms with van der Waals surface area (Å²) in [5, 5.41) is 37.4. The first-order chi connectivity index (χ1) is 15.1. The summed E-state index contributed by atoms with van der Waals surface area (Å²) in [7, 11) is 0. The van der Waals surface area contributed by atoms with Gasteiger partial charge in [0, 0.05) is 11.1 Å². The van der Waals surface area contributed by atoms with E-state index in [1.165, 1.54) is 0 Å². The number of aromatic nitrogens is 8. The Labute approximate surface area is 187 Å². The maximum Gasteiger partial charge on any atom is 0.360 e. The van der Waals surface area contributed by atoms with E-state index >= 15 is 0 Å². The molecule has 0 saturated heterocycles. The van der Waals surface area contributed by atoms with Crippen LogP contribution in [0.1, 0.15) is 41.5 Å². The average Bonchev–Trinajstić information content (AvgIpc) is 3.43. The molecule has 4 rings (SSSR count). The van der Waals surface area contributed by atoms with Crippen molar-refractivity contribution in [3.63, 3.8) is 0 Å². The van der Waals surface area contributed by atoms with Crippen molar-refractivity contribution in [1.29, 1.82) is 0 Å². The lowest BCUT2D eigenvalue weighted by Gasteiger charge is -2.16. The van der Waals surface area contributed by atoms with Gasteiger partial charge < -0.3 is 5.02 Å². The predicted octanol–water partition coefficient (Wildman–Crippen LogP) is 1.60. The van der Waals surface area contributed by atoms with Crippen LogP contribution in [0.5, 0.6) is 0 Å². The quantitative estimate of drug-likeness (QED) is 0.490. The maximum absolute atomic E-state index is 11.4. The summed E-state index contributed by atoms with van der Waals surface area (Å²) < 4.78 is 0. The molecular formula is C22H27BN8O. The molecule has 0 unspecified atom stereocenters. The van der Waals surface area contributed by atoms with Crippen LogP contribution in [-0.2, 0) is 11.1 Å². The summed E-state index contributed by atoms with van der Waals surface area (Å²) >= 11 is 0. The molecule has 0 spiro atoms. The van der Waals surface area contributed by atoms with Gasteiger partial charge in [0.15, 0.2) is 0 Å². The number of hydrogen-bond acceptors (Lipinski definition) is 7. The van der Waals surface area contributed by atoms with E-state index in [2.05, 4.69) is 30.8 Å². The van der Waals surface area contributed by atoms with Crippen molar-refractivity contribution >= 4 is 17.8 Å². The summed E-state index contributed by atoms with van der Waals surface area (Å²) in [4.78, 5) is 3.16. The van der Waals surface area contributed by atoms with Crippen molar-refractivity contribution in [2.24, 2.45) is 0 Å². The highest BCUT2D eigenvalue weighted by molar-refractivity contribution is 6.81. The molecule has 0 aliphatic carbocycles. The Morgan fingerprint density at radius 2 is 1.03 bits per heavy atom. The molecule has 9 nitrogen and oxygen atoms in total. The van der Waals surface area contributed by atoms with Gasteiger partial charge in [-0.25, -0.2) is 0 Å². The van der Waals surface area contributed by atoms with Crippen LogP contribution in [0.4, 0.5) is 0 Å². The first-order valence-electron chi connectivity index (χ1n) is 10.5. The minimum absolute atomic E-state index is 0.296. The summed E-state index contributed by atoms with van der Waals surface area (Å²) in [6, 6.07) is 15.1. The van der Waals surface area contributed by atoms with E-state index in [0.29, 0.717) is 22.6 Å². The Bertz CT molecular complexity index is 1140. The predicted molar refractivity (Wildman–Crippen MR) is 124 cm³/mol. The number of benzene rings is 2. The Kier molecular flexibility index (Phi) is 5.42. The number of rotatable bonds is 4. The summed E-state index contributed by atoms with van der Waals surface area (Å²) in [5.41, 5.74) is 2.20. The van der Waals surface area contributed by atoms with Gasteiger partial charge in [0.25, 0.3) is 0 Å². The maximum atomic E-state index is 11.4. The van der Waals surface area contributed by atoms with Gasteiger partial charge in [-0.05, 0) is 62.9 Å². The van der Waals surface area contributed by atoms with Gasteiger partial charge in [0.1, 0.15) is 0 Å².